The van der Waals surface area contributed by atoms with Crippen LogP contribution in [0.2, 0.25) is 0 Å². The summed E-state index contributed by atoms with van der Waals surface area (Å²) in [6, 6.07) is 0. The highest BCUT2D eigenvalue weighted by Gasteiger charge is 2.76. The lowest BCUT2D eigenvalue weighted by Crippen LogP contribution is -2.69. The second-order valence-corrected chi connectivity index (χ2v) is 13.5. The minimum Gasteiger partial charge on any atom is -0.481 e. The first kappa shape index (κ1) is 41.9. The number of alkyl halides is 1. The molecule has 1 unspecified atom stereocenters. The number of carbonyl (C=O) groups excluding carboxylic acids is 4. The summed E-state index contributed by atoms with van der Waals surface area (Å²) in [5, 5.41) is 27.2. The molecule has 12 nitrogen and oxygen atoms in total. The Labute approximate surface area is 281 Å². The number of aliphatic carboxylic acids is 2. The van der Waals surface area contributed by atoms with Gasteiger partial charge in [-0.1, -0.05) is 60.1 Å². The molecule has 0 bridgehead atoms. The summed E-state index contributed by atoms with van der Waals surface area (Å²) in [7, 11) is 0. The summed E-state index contributed by atoms with van der Waals surface area (Å²) < 4.78 is 11.3. The SMILES string of the molecule is CCC(=O)O.CCC(=O)O.CCC(=O)OCC(=O)[C@@]1(OC(=O)CC)[C@@H](C)C[C@H]2[C@@H]3CCC4=CC(=O)C=C[C@]4(C)C3(Cl)[C@@H](O)C[C@@]21C.O. The number of aliphatic hydroxyl groups excluding tert-OH is 1. The number of esters is 2. The summed E-state index contributed by atoms with van der Waals surface area (Å²) in [6.07, 6.45) is 6.63. The van der Waals surface area contributed by atoms with Gasteiger partial charge in [0.05, 0.1) is 11.0 Å². The van der Waals surface area contributed by atoms with E-state index >= 15 is 0 Å². The van der Waals surface area contributed by atoms with E-state index in [0.29, 0.717) is 19.3 Å². The number of carboxylic acids is 2. The molecular weight excluding hydrogens is 636 g/mol. The van der Waals surface area contributed by atoms with Gasteiger partial charge >= 0.3 is 23.9 Å². The molecule has 4 aliphatic rings. The first-order chi connectivity index (χ1) is 21.4. The summed E-state index contributed by atoms with van der Waals surface area (Å²) in [5.74, 6) is -3.73. The van der Waals surface area contributed by atoms with Gasteiger partial charge in [0.2, 0.25) is 5.78 Å². The van der Waals surface area contributed by atoms with Crippen LogP contribution in [0.5, 0.6) is 0 Å². The van der Waals surface area contributed by atoms with E-state index in [1.54, 1.807) is 33.8 Å². The van der Waals surface area contributed by atoms with Crippen molar-refractivity contribution in [3.8, 4) is 0 Å². The Balaban J connectivity index is 0.000000878. The van der Waals surface area contributed by atoms with Crippen LogP contribution in [0.4, 0.5) is 0 Å². The molecule has 266 valence electrons. The number of hydrogen-bond acceptors (Lipinski definition) is 9. The second kappa shape index (κ2) is 16.3. The number of ketones is 2. The average molecular weight is 687 g/mol. The Morgan fingerprint density at radius 1 is 0.936 bits per heavy atom. The highest BCUT2D eigenvalue weighted by molar-refractivity contribution is 6.26. The number of halogens is 1. The van der Waals surface area contributed by atoms with Crippen LogP contribution < -0.4 is 0 Å². The lowest BCUT2D eigenvalue weighted by molar-refractivity contribution is -0.203. The number of carbonyl (C=O) groups is 6. The third kappa shape index (κ3) is 7.65. The predicted octanol–water partition coefficient (Wildman–Crippen LogP) is 4.22. The molecule has 4 aliphatic carbocycles. The average Bonchev–Trinajstić information content (AvgIpc) is 3.23. The van der Waals surface area contributed by atoms with Gasteiger partial charge in [-0.15, -0.1) is 11.6 Å². The molecule has 0 heterocycles. The predicted molar refractivity (Wildman–Crippen MR) is 172 cm³/mol. The zero-order valence-electron chi connectivity index (χ0n) is 28.4. The van der Waals surface area contributed by atoms with Crippen LogP contribution in [0.1, 0.15) is 99.8 Å². The van der Waals surface area contributed by atoms with Gasteiger partial charge in [0.15, 0.2) is 18.0 Å². The molecule has 0 aliphatic heterocycles. The van der Waals surface area contributed by atoms with Crippen molar-refractivity contribution < 1.29 is 59.0 Å². The van der Waals surface area contributed by atoms with Gasteiger partial charge in [-0.25, -0.2) is 0 Å². The zero-order chi connectivity index (χ0) is 35.3. The Morgan fingerprint density at radius 3 is 1.96 bits per heavy atom. The van der Waals surface area contributed by atoms with Gasteiger partial charge in [-0.05, 0) is 49.7 Å². The van der Waals surface area contributed by atoms with Crippen molar-refractivity contribution in [3.05, 3.63) is 23.8 Å². The fourth-order valence-electron chi connectivity index (χ4n) is 8.01. The number of allylic oxidation sites excluding steroid dienone is 4. The summed E-state index contributed by atoms with van der Waals surface area (Å²) in [4.78, 5) is 68.2. The lowest BCUT2D eigenvalue weighted by Gasteiger charge is -2.64. The van der Waals surface area contributed by atoms with E-state index < -0.39 is 63.7 Å². The first-order valence-electron chi connectivity index (χ1n) is 16.0. The van der Waals surface area contributed by atoms with Crippen molar-refractivity contribution in [2.45, 2.75) is 116 Å². The third-order valence-corrected chi connectivity index (χ3v) is 11.3. The molecule has 8 atom stereocenters. The Morgan fingerprint density at radius 2 is 1.47 bits per heavy atom. The van der Waals surface area contributed by atoms with Crippen molar-refractivity contribution >= 4 is 47.0 Å². The van der Waals surface area contributed by atoms with E-state index in [4.69, 9.17) is 31.3 Å². The van der Waals surface area contributed by atoms with Crippen LogP contribution >= 0.6 is 11.6 Å². The molecule has 3 fully saturated rings. The molecule has 0 aromatic rings. The lowest BCUT2D eigenvalue weighted by atomic mass is 9.45. The highest BCUT2D eigenvalue weighted by Crippen LogP contribution is 2.72. The van der Waals surface area contributed by atoms with Gasteiger partial charge < -0.3 is 30.3 Å². The van der Waals surface area contributed by atoms with Crippen LogP contribution in [-0.2, 0) is 38.2 Å². The number of ether oxygens (including phenoxy) is 2. The van der Waals surface area contributed by atoms with Crippen LogP contribution in [0.25, 0.3) is 0 Å². The maximum atomic E-state index is 13.9. The number of hydrogen-bond donors (Lipinski definition) is 3. The van der Waals surface area contributed by atoms with E-state index in [2.05, 4.69) is 0 Å². The molecule has 3 saturated carbocycles. The maximum Gasteiger partial charge on any atom is 0.306 e. The molecule has 0 saturated heterocycles. The summed E-state index contributed by atoms with van der Waals surface area (Å²) >= 11 is 7.48. The van der Waals surface area contributed by atoms with E-state index in [1.165, 1.54) is 6.08 Å². The van der Waals surface area contributed by atoms with Gasteiger partial charge in [0, 0.05) is 42.4 Å². The van der Waals surface area contributed by atoms with Crippen LogP contribution in [0.3, 0.4) is 0 Å². The second-order valence-electron chi connectivity index (χ2n) is 12.9. The number of fused-ring (bicyclic) bond motifs is 5. The molecule has 0 amide bonds. The molecule has 0 radical (unpaired) electrons. The minimum atomic E-state index is -1.55. The number of aliphatic hydroxyl groups is 1. The van der Waals surface area contributed by atoms with Gasteiger partial charge in [0.1, 0.15) is 0 Å². The van der Waals surface area contributed by atoms with E-state index in [0.717, 1.165) is 5.57 Å². The fraction of sp³-hybridized carbons (Fsp3) is 0.706. The van der Waals surface area contributed by atoms with Crippen molar-refractivity contribution in [1.29, 1.82) is 0 Å². The standard InChI is InChI=1S/C28H37ClO7.2C3H6O2.H2O/c1-6-23(33)35-15-22(32)28(36-24(34)7-2)16(3)12-20-19-9-8-17-13-18(30)10-11-25(17,4)27(19,29)21(31)14-26(20,28)5;2*1-2-3(4)5;/h10-11,13,16,19-21,31H,6-9,12,14-15H2,1-5H3;2*2H2,1H3,(H,4,5);1H2/t16-,19-,20-,21-,25-,26-,27?,28-;;;/m0.../s1. The van der Waals surface area contributed by atoms with Crippen molar-refractivity contribution in [2.75, 3.05) is 6.61 Å². The highest BCUT2D eigenvalue weighted by atomic mass is 35.5. The van der Waals surface area contributed by atoms with Crippen molar-refractivity contribution in [1.82, 2.24) is 0 Å². The number of rotatable bonds is 8. The smallest absolute Gasteiger partial charge is 0.306 e. The Kier molecular flexibility index (Phi) is 14.6. The van der Waals surface area contributed by atoms with E-state index in [-0.39, 0.29) is 61.1 Å². The summed E-state index contributed by atoms with van der Waals surface area (Å²) in [6.45, 7) is 11.8. The zero-order valence-corrected chi connectivity index (χ0v) is 29.1. The Bertz CT molecular complexity index is 1260. The minimum absolute atomic E-state index is 0. The molecule has 13 heteroatoms. The van der Waals surface area contributed by atoms with E-state index in [1.807, 2.05) is 26.8 Å². The quantitative estimate of drug-likeness (QED) is 0.243. The Hall–Kier alpha value is -3.09. The monoisotopic (exact) mass is 686 g/mol. The van der Waals surface area contributed by atoms with Crippen LogP contribution in [0, 0.1) is 28.6 Å². The number of Topliss-reactive ketones (excluding diaryl/α,β-unsaturated/α-hetero) is 1. The van der Waals surface area contributed by atoms with Crippen molar-refractivity contribution in [3.63, 3.8) is 0 Å². The van der Waals surface area contributed by atoms with Gasteiger partial charge in [-0.2, -0.15) is 0 Å². The topological polar surface area (TPSA) is 213 Å². The van der Waals surface area contributed by atoms with Gasteiger partial charge in [0.25, 0.3) is 0 Å². The normalized spacial score (nSPS) is 34.6. The molecule has 4 rings (SSSR count). The van der Waals surface area contributed by atoms with Crippen LogP contribution in [-0.4, -0.2) is 79.4 Å². The van der Waals surface area contributed by atoms with E-state index in [9.17, 15) is 33.9 Å². The molecule has 0 aromatic heterocycles. The molecule has 0 aromatic carbocycles. The molecule has 5 N–H and O–H groups in total. The third-order valence-electron chi connectivity index (χ3n) is 10.4. The molecular formula is C34H51ClO12. The molecule has 47 heavy (non-hydrogen) atoms. The van der Waals surface area contributed by atoms with Crippen molar-refractivity contribution in [2.24, 2.45) is 28.6 Å². The summed E-state index contributed by atoms with van der Waals surface area (Å²) in [5.41, 5.74) is -2.27. The molecule has 0 spiro atoms. The first-order valence-corrected chi connectivity index (χ1v) is 16.4. The number of carboxylic acid groups (broad SMARTS) is 2. The largest absolute Gasteiger partial charge is 0.481 e. The van der Waals surface area contributed by atoms with Gasteiger partial charge in [-0.3, -0.25) is 28.8 Å². The van der Waals surface area contributed by atoms with Crippen LogP contribution in [0.15, 0.2) is 23.8 Å². The maximum absolute atomic E-state index is 13.9. The fourth-order valence-corrected chi connectivity index (χ4v) is 8.53.